The highest BCUT2D eigenvalue weighted by Crippen LogP contribution is 2.29. The predicted octanol–water partition coefficient (Wildman–Crippen LogP) is 4.38. The molecule has 0 saturated carbocycles. The molecule has 0 aliphatic heterocycles. The van der Waals surface area contributed by atoms with E-state index in [1.54, 1.807) is 19.1 Å². The first kappa shape index (κ1) is 20.7. The number of aryl methyl sites for hydroxylation is 1. The first-order valence-corrected chi connectivity index (χ1v) is 9.17. The molecule has 3 aromatic rings. The third kappa shape index (κ3) is 5.08. The Morgan fingerprint density at radius 2 is 1.63 bits per heavy atom. The Bertz CT molecular complexity index is 1080. The third-order valence-corrected chi connectivity index (χ3v) is 4.41. The molecule has 3 rings (SSSR count). The van der Waals surface area contributed by atoms with Crippen LogP contribution in [0.25, 0.3) is 11.1 Å². The van der Waals surface area contributed by atoms with E-state index in [9.17, 15) is 19.7 Å². The zero-order valence-electron chi connectivity index (χ0n) is 16.2. The molecule has 30 heavy (non-hydrogen) atoms. The molecule has 0 N–H and O–H groups in total. The number of nitrogens with zero attached hydrogens (tertiary/aromatic N) is 1. The van der Waals surface area contributed by atoms with Gasteiger partial charge in [0.1, 0.15) is 5.75 Å². The summed E-state index contributed by atoms with van der Waals surface area (Å²) in [7, 11) is 0. The van der Waals surface area contributed by atoms with Crippen LogP contribution in [0.15, 0.2) is 72.8 Å². The second kappa shape index (κ2) is 9.47. The van der Waals surface area contributed by atoms with Gasteiger partial charge in [0.2, 0.25) is 5.78 Å². The molecule has 0 saturated heterocycles. The van der Waals surface area contributed by atoms with Crippen LogP contribution in [0.2, 0.25) is 0 Å². The zero-order valence-corrected chi connectivity index (χ0v) is 16.2. The van der Waals surface area contributed by atoms with E-state index < -0.39 is 23.3 Å². The maximum absolute atomic E-state index is 12.2. The minimum atomic E-state index is -0.715. The van der Waals surface area contributed by atoms with Gasteiger partial charge in [-0.1, -0.05) is 60.7 Å². The second-order valence-electron chi connectivity index (χ2n) is 6.49. The molecule has 0 fully saturated rings. The predicted molar refractivity (Wildman–Crippen MR) is 110 cm³/mol. The van der Waals surface area contributed by atoms with E-state index in [1.807, 2.05) is 42.5 Å². The molecule has 0 bridgehead atoms. The smallest absolute Gasteiger partial charge is 0.344 e. The van der Waals surface area contributed by atoms with Crippen LogP contribution in [0.5, 0.6) is 5.75 Å². The second-order valence-corrected chi connectivity index (χ2v) is 6.49. The molecule has 7 nitrogen and oxygen atoms in total. The number of nitro groups is 1. The Hall–Kier alpha value is -4.00. The average Bonchev–Trinajstić information content (AvgIpc) is 2.77. The lowest BCUT2D eigenvalue weighted by Gasteiger charge is -2.11. The molecule has 0 amide bonds. The number of ether oxygens (including phenoxy) is 2. The molecule has 0 aliphatic carbocycles. The molecule has 0 heterocycles. The van der Waals surface area contributed by atoms with Gasteiger partial charge in [-0.15, -0.1) is 0 Å². The maximum atomic E-state index is 12.2. The number of rotatable bonds is 8. The van der Waals surface area contributed by atoms with E-state index in [2.05, 4.69) is 0 Å². The standard InChI is InChI=1S/C23H19NO6/c1-16-11-12-18(13-20(16)24(27)28)21(25)14-30-23(26)15-29-22-10-6-5-9-19(22)17-7-3-2-4-8-17/h2-13H,14-15H2,1H3. The molecular weight excluding hydrogens is 386 g/mol. The molecule has 0 unspecified atom stereocenters. The summed E-state index contributed by atoms with van der Waals surface area (Å²) in [5.74, 6) is -0.731. The van der Waals surface area contributed by atoms with Crippen LogP contribution in [0.1, 0.15) is 15.9 Å². The van der Waals surface area contributed by atoms with Gasteiger partial charge in [0.05, 0.1) is 4.92 Å². The molecule has 0 radical (unpaired) electrons. The lowest BCUT2D eigenvalue weighted by molar-refractivity contribution is -0.385. The normalized spacial score (nSPS) is 10.3. The summed E-state index contributed by atoms with van der Waals surface area (Å²) in [6.45, 7) is 0.685. The number of nitro benzene ring substituents is 1. The molecule has 0 aliphatic rings. The summed E-state index contributed by atoms with van der Waals surface area (Å²) in [4.78, 5) is 34.7. The lowest BCUT2D eigenvalue weighted by Crippen LogP contribution is -2.19. The summed E-state index contributed by atoms with van der Waals surface area (Å²) in [6.07, 6.45) is 0. The largest absolute Gasteiger partial charge is 0.481 e. The van der Waals surface area contributed by atoms with E-state index in [4.69, 9.17) is 9.47 Å². The molecule has 7 heteroatoms. The van der Waals surface area contributed by atoms with Gasteiger partial charge in [-0.3, -0.25) is 14.9 Å². The SMILES string of the molecule is Cc1ccc(C(=O)COC(=O)COc2ccccc2-c2ccccc2)cc1[N+](=O)[O-]. The maximum Gasteiger partial charge on any atom is 0.344 e. The lowest BCUT2D eigenvalue weighted by atomic mass is 10.1. The monoisotopic (exact) mass is 405 g/mol. The van der Waals surface area contributed by atoms with Gasteiger partial charge in [-0.2, -0.15) is 0 Å². The molecule has 0 atom stereocenters. The van der Waals surface area contributed by atoms with Crippen LogP contribution < -0.4 is 4.74 Å². The van der Waals surface area contributed by atoms with Gasteiger partial charge in [-0.05, 0) is 18.6 Å². The Labute approximate surface area is 173 Å². The number of Topliss-reactive ketones (excluding diaryl/α,β-unsaturated/α-hetero) is 1. The molecule has 3 aromatic carbocycles. The fraction of sp³-hybridized carbons (Fsp3) is 0.130. The van der Waals surface area contributed by atoms with Gasteiger partial charge < -0.3 is 9.47 Å². The van der Waals surface area contributed by atoms with Crippen LogP contribution in [0, 0.1) is 17.0 Å². The topological polar surface area (TPSA) is 95.7 Å². The number of benzene rings is 3. The van der Waals surface area contributed by atoms with Crippen molar-refractivity contribution in [2.24, 2.45) is 0 Å². The average molecular weight is 405 g/mol. The van der Waals surface area contributed by atoms with Gasteiger partial charge >= 0.3 is 5.97 Å². The summed E-state index contributed by atoms with van der Waals surface area (Å²) in [5.41, 5.74) is 2.16. The molecule has 152 valence electrons. The summed E-state index contributed by atoms with van der Waals surface area (Å²) < 4.78 is 10.6. The van der Waals surface area contributed by atoms with Crippen molar-refractivity contribution in [1.29, 1.82) is 0 Å². The number of hydrogen-bond acceptors (Lipinski definition) is 6. The highest BCUT2D eigenvalue weighted by molar-refractivity contribution is 5.98. The van der Waals surface area contributed by atoms with Crippen molar-refractivity contribution in [1.82, 2.24) is 0 Å². The van der Waals surface area contributed by atoms with Crippen LogP contribution in [0.3, 0.4) is 0 Å². The van der Waals surface area contributed by atoms with Crippen LogP contribution in [-0.2, 0) is 9.53 Å². The van der Waals surface area contributed by atoms with Gasteiger partial charge in [0.25, 0.3) is 5.69 Å². The van der Waals surface area contributed by atoms with Crippen molar-refractivity contribution in [3.05, 3.63) is 94.0 Å². The Morgan fingerprint density at radius 3 is 2.37 bits per heavy atom. The highest BCUT2D eigenvalue weighted by Gasteiger charge is 2.17. The van der Waals surface area contributed by atoms with Crippen molar-refractivity contribution in [3.63, 3.8) is 0 Å². The van der Waals surface area contributed by atoms with Crippen molar-refractivity contribution >= 4 is 17.4 Å². The quantitative estimate of drug-likeness (QED) is 0.239. The summed E-state index contributed by atoms with van der Waals surface area (Å²) in [6, 6.07) is 21.0. The Kier molecular flexibility index (Phi) is 6.54. The van der Waals surface area contributed by atoms with Gasteiger partial charge in [0.15, 0.2) is 13.2 Å². The third-order valence-electron chi connectivity index (χ3n) is 4.41. The summed E-state index contributed by atoms with van der Waals surface area (Å²) in [5, 5.41) is 11.0. The molecule has 0 aromatic heterocycles. The molecular formula is C23H19NO6. The van der Waals surface area contributed by atoms with E-state index in [0.717, 1.165) is 11.1 Å². The van der Waals surface area contributed by atoms with Crippen molar-refractivity contribution in [2.45, 2.75) is 6.92 Å². The van der Waals surface area contributed by atoms with Crippen molar-refractivity contribution < 1.29 is 24.0 Å². The fourth-order valence-corrected chi connectivity index (χ4v) is 2.84. The van der Waals surface area contributed by atoms with Crippen LogP contribution in [0.4, 0.5) is 5.69 Å². The van der Waals surface area contributed by atoms with E-state index in [1.165, 1.54) is 18.2 Å². The Balaban J connectivity index is 1.58. The van der Waals surface area contributed by atoms with Gasteiger partial charge in [0, 0.05) is 22.8 Å². The highest BCUT2D eigenvalue weighted by atomic mass is 16.6. The van der Waals surface area contributed by atoms with Gasteiger partial charge in [-0.25, -0.2) is 4.79 Å². The summed E-state index contributed by atoms with van der Waals surface area (Å²) >= 11 is 0. The minimum Gasteiger partial charge on any atom is -0.481 e. The number of hydrogen-bond donors (Lipinski definition) is 0. The first-order chi connectivity index (χ1) is 14.5. The van der Waals surface area contributed by atoms with Crippen LogP contribution in [-0.4, -0.2) is 29.9 Å². The number of carbonyl (C=O) groups is 2. The number of esters is 1. The van der Waals surface area contributed by atoms with Crippen LogP contribution >= 0.6 is 0 Å². The van der Waals surface area contributed by atoms with E-state index >= 15 is 0 Å². The fourth-order valence-electron chi connectivity index (χ4n) is 2.84. The van der Waals surface area contributed by atoms with E-state index in [-0.39, 0.29) is 17.9 Å². The van der Waals surface area contributed by atoms with E-state index in [0.29, 0.717) is 11.3 Å². The number of ketones is 1. The number of carbonyl (C=O) groups excluding carboxylic acids is 2. The molecule has 0 spiro atoms. The first-order valence-electron chi connectivity index (χ1n) is 9.17. The van der Waals surface area contributed by atoms with Crippen molar-refractivity contribution in [2.75, 3.05) is 13.2 Å². The zero-order chi connectivity index (χ0) is 21.5. The number of para-hydroxylation sites is 1. The van der Waals surface area contributed by atoms with Crippen molar-refractivity contribution in [3.8, 4) is 16.9 Å². The Morgan fingerprint density at radius 1 is 0.933 bits per heavy atom. The minimum absolute atomic E-state index is 0.107.